The third-order valence-electron chi connectivity index (χ3n) is 1.41. The van der Waals surface area contributed by atoms with E-state index in [4.69, 9.17) is 0 Å². The van der Waals surface area contributed by atoms with E-state index in [-0.39, 0.29) is 5.78 Å². The summed E-state index contributed by atoms with van der Waals surface area (Å²) in [5.74, 6) is 0.188. The predicted molar refractivity (Wildman–Crippen MR) is 49.1 cm³/mol. The number of carbonyl (C=O) groups is 1. The fourth-order valence-electron chi connectivity index (χ4n) is 1.03. The van der Waals surface area contributed by atoms with E-state index < -0.39 is 0 Å². The second kappa shape index (κ2) is 4.33. The van der Waals surface area contributed by atoms with Gasteiger partial charge in [-0.05, 0) is 14.0 Å². The normalized spacial score (nSPS) is 10.6. The predicted octanol–water partition coefficient (Wildman–Crippen LogP) is 1.16. The molecule has 0 atom stereocenters. The Bertz CT molecular complexity index is 246. The molecule has 0 unspecified atom stereocenters. The maximum absolute atomic E-state index is 10.7. The first-order chi connectivity index (χ1) is 5.68. The standard InChI is InChI=1S/C8H12N2OS/c1-7(11)3-10(2)4-8-5-12-6-9-8/h5-6H,3-4H2,1-2H3. The van der Waals surface area contributed by atoms with Crippen molar-refractivity contribution >= 4 is 17.1 Å². The average Bonchev–Trinajstić information content (AvgIpc) is 2.37. The topological polar surface area (TPSA) is 33.2 Å². The van der Waals surface area contributed by atoms with Crippen LogP contribution >= 0.6 is 11.3 Å². The Labute approximate surface area is 76.0 Å². The fourth-order valence-corrected chi connectivity index (χ4v) is 1.58. The maximum atomic E-state index is 10.7. The van der Waals surface area contributed by atoms with E-state index in [0.717, 1.165) is 12.2 Å². The van der Waals surface area contributed by atoms with E-state index >= 15 is 0 Å². The van der Waals surface area contributed by atoms with Gasteiger partial charge in [-0.1, -0.05) is 0 Å². The molecule has 3 nitrogen and oxygen atoms in total. The maximum Gasteiger partial charge on any atom is 0.143 e. The van der Waals surface area contributed by atoms with Crippen LogP contribution in [0.5, 0.6) is 0 Å². The summed E-state index contributed by atoms with van der Waals surface area (Å²) in [5, 5.41) is 2.00. The number of hydrogen-bond acceptors (Lipinski definition) is 4. The number of hydrogen-bond donors (Lipinski definition) is 0. The molecule has 0 aliphatic carbocycles. The highest BCUT2D eigenvalue weighted by atomic mass is 32.1. The zero-order valence-electron chi connectivity index (χ0n) is 7.28. The smallest absolute Gasteiger partial charge is 0.143 e. The minimum Gasteiger partial charge on any atom is -0.299 e. The Balaban J connectivity index is 2.36. The van der Waals surface area contributed by atoms with Crippen LogP contribution in [0.15, 0.2) is 10.9 Å². The Morgan fingerprint density at radius 1 is 1.75 bits per heavy atom. The van der Waals surface area contributed by atoms with Gasteiger partial charge in [-0.15, -0.1) is 11.3 Å². The lowest BCUT2D eigenvalue weighted by Gasteiger charge is -2.12. The number of Topliss-reactive ketones (excluding diaryl/α,β-unsaturated/α-hetero) is 1. The first-order valence-electron chi connectivity index (χ1n) is 3.73. The molecule has 0 aliphatic heterocycles. The molecular formula is C8H12N2OS. The van der Waals surface area contributed by atoms with Gasteiger partial charge in [-0.25, -0.2) is 4.98 Å². The van der Waals surface area contributed by atoms with Crippen molar-refractivity contribution in [2.24, 2.45) is 0 Å². The summed E-state index contributed by atoms with van der Waals surface area (Å²) in [6.45, 7) is 2.85. The first kappa shape index (κ1) is 9.35. The second-order valence-electron chi connectivity index (χ2n) is 2.85. The lowest BCUT2D eigenvalue weighted by molar-refractivity contribution is -0.117. The van der Waals surface area contributed by atoms with E-state index in [1.807, 2.05) is 17.3 Å². The van der Waals surface area contributed by atoms with Gasteiger partial charge >= 0.3 is 0 Å². The molecule has 0 aromatic carbocycles. The highest BCUT2D eigenvalue weighted by Crippen LogP contribution is 2.03. The Kier molecular flexibility index (Phi) is 3.37. The van der Waals surface area contributed by atoms with Gasteiger partial charge in [0.15, 0.2) is 0 Å². The summed E-state index contributed by atoms with van der Waals surface area (Å²) < 4.78 is 0. The number of rotatable bonds is 4. The van der Waals surface area contributed by atoms with Crippen LogP contribution in [0.3, 0.4) is 0 Å². The Morgan fingerprint density at radius 2 is 2.50 bits per heavy atom. The molecule has 4 heteroatoms. The highest BCUT2D eigenvalue weighted by Gasteiger charge is 2.03. The summed E-state index contributed by atoms with van der Waals surface area (Å²) >= 11 is 1.58. The number of thiazole rings is 1. The molecule has 12 heavy (non-hydrogen) atoms. The minimum atomic E-state index is 0.188. The Morgan fingerprint density at radius 3 is 3.00 bits per heavy atom. The van der Waals surface area contributed by atoms with Gasteiger partial charge in [-0.2, -0.15) is 0 Å². The molecule has 0 radical (unpaired) electrons. The average molecular weight is 184 g/mol. The largest absolute Gasteiger partial charge is 0.299 e. The molecule has 0 saturated carbocycles. The summed E-state index contributed by atoms with van der Waals surface area (Å²) in [6.07, 6.45) is 0. The van der Waals surface area contributed by atoms with E-state index in [2.05, 4.69) is 4.98 Å². The van der Waals surface area contributed by atoms with Crippen LogP contribution in [0.1, 0.15) is 12.6 Å². The molecule has 1 aromatic rings. The van der Waals surface area contributed by atoms with Gasteiger partial charge in [0, 0.05) is 11.9 Å². The van der Waals surface area contributed by atoms with Crippen molar-refractivity contribution in [3.8, 4) is 0 Å². The van der Waals surface area contributed by atoms with Crippen molar-refractivity contribution in [1.82, 2.24) is 9.88 Å². The molecule has 0 spiro atoms. The van der Waals surface area contributed by atoms with Crippen molar-refractivity contribution in [2.45, 2.75) is 13.5 Å². The zero-order valence-corrected chi connectivity index (χ0v) is 8.10. The molecule has 1 aromatic heterocycles. The lowest BCUT2D eigenvalue weighted by atomic mass is 10.4. The zero-order chi connectivity index (χ0) is 8.97. The van der Waals surface area contributed by atoms with Crippen LogP contribution in [-0.2, 0) is 11.3 Å². The highest BCUT2D eigenvalue weighted by molar-refractivity contribution is 7.07. The summed E-state index contributed by atoms with van der Waals surface area (Å²) in [5.41, 5.74) is 2.83. The van der Waals surface area contributed by atoms with Crippen molar-refractivity contribution in [3.05, 3.63) is 16.6 Å². The first-order valence-corrected chi connectivity index (χ1v) is 4.68. The second-order valence-corrected chi connectivity index (χ2v) is 3.57. The van der Waals surface area contributed by atoms with Gasteiger partial charge in [0.2, 0.25) is 0 Å². The van der Waals surface area contributed by atoms with Crippen molar-refractivity contribution in [3.63, 3.8) is 0 Å². The number of aromatic nitrogens is 1. The fraction of sp³-hybridized carbons (Fsp3) is 0.500. The van der Waals surface area contributed by atoms with E-state index in [9.17, 15) is 4.79 Å². The van der Waals surface area contributed by atoms with Gasteiger partial charge in [-0.3, -0.25) is 9.69 Å². The molecule has 0 fully saturated rings. The molecule has 66 valence electrons. The molecule has 0 saturated heterocycles. The van der Waals surface area contributed by atoms with Gasteiger partial charge in [0.05, 0.1) is 17.7 Å². The molecule has 0 aliphatic rings. The molecule has 0 N–H and O–H groups in total. The minimum absolute atomic E-state index is 0.188. The van der Waals surface area contributed by atoms with Gasteiger partial charge in [0.25, 0.3) is 0 Å². The van der Waals surface area contributed by atoms with Crippen LogP contribution in [0.2, 0.25) is 0 Å². The van der Waals surface area contributed by atoms with Crippen molar-refractivity contribution < 1.29 is 4.79 Å². The molecule has 1 heterocycles. The third kappa shape index (κ3) is 3.11. The SMILES string of the molecule is CC(=O)CN(C)Cc1cscn1. The lowest BCUT2D eigenvalue weighted by Crippen LogP contribution is -2.23. The molecule has 1 rings (SSSR count). The molecule has 0 amide bonds. The van der Waals surface area contributed by atoms with Gasteiger partial charge < -0.3 is 0 Å². The van der Waals surface area contributed by atoms with Crippen molar-refractivity contribution in [1.29, 1.82) is 0 Å². The number of nitrogens with zero attached hydrogens (tertiary/aromatic N) is 2. The molecule has 0 bridgehead atoms. The van der Waals surface area contributed by atoms with Crippen LogP contribution in [0, 0.1) is 0 Å². The van der Waals surface area contributed by atoms with E-state index in [1.165, 1.54) is 0 Å². The monoisotopic (exact) mass is 184 g/mol. The summed E-state index contributed by atoms with van der Waals surface area (Å²) in [7, 11) is 1.92. The van der Waals surface area contributed by atoms with Crippen LogP contribution in [0.25, 0.3) is 0 Å². The van der Waals surface area contributed by atoms with Crippen LogP contribution in [-0.4, -0.2) is 29.3 Å². The number of ketones is 1. The number of carbonyl (C=O) groups excluding carboxylic acids is 1. The van der Waals surface area contributed by atoms with Crippen LogP contribution in [0.4, 0.5) is 0 Å². The quantitative estimate of drug-likeness (QED) is 0.704. The number of likely N-dealkylation sites (N-methyl/N-ethyl adjacent to an activating group) is 1. The third-order valence-corrected chi connectivity index (χ3v) is 2.04. The van der Waals surface area contributed by atoms with E-state index in [0.29, 0.717) is 6.54 Å². The van der Waals surface area contributed by atoms with Crippen LogP contribution < -0.4 is 0 Å². The summed E-state index contributed by atoms with van der Waals surface area (Å²) in [6, 6.07) is 0. The van der Waals surface area contributed by atoms with Gasteiger partial charge in [0.1, 0.15) is 5.78 Å². The molecular weight excluding hydrogens is 172 g/mol. The summed E-state index contributed by atoms with van der Waals surface area (Å²) in [4.78, 5) is 16.8. The van der Waals surface area contributed by atoms with E-state index in [1.54, 1.807) is 23.8 Å². The van der Waals surface area contributed by atoms with Crippen molar-refractivity contribution in [2.75, 3.05) is 13.6 Å². The Hall–Kier alpha value is -0.740.